The van der Waals surface area contributed by atoms with Gasteiger partial charge in [-0.25, -0.2) is 0 Å². The molecule has 36 heavy (non-hydrogen) atoms. The summed E-state index contributed by atoms with van der Waals surface area (Å²) in [5.74, 6) is 0.212. The molecule has 0 radical (unpaired) electrons. The maximum absolute atomic E-state index is 12.8. The van der Waals surface area contributed by atoms with Gasteiger partial charge in [0.2, 0.25) is 11.8 Å². The first-order chi connectivity index (χ1) is 17.3. The van der Waals surface area contributed by atoms with E-state index in [1.165, 1.54) is 14.2 Å². The van der Waals surface area contributed by atoms with Gasteiger partial charge in [-0.15, -0.1) is 0 Å². The van der Waals surface area contributed by atoms with Gasteiger partial charge in [-0.3, -0.25) is 14.5 Å². The summed E-state index contributed by atoms with van der Waals surface area (Å²) < 4.78 is 10.3. The number of hydrogen-bond donors (Lipinski definition) is 3. The van der Waals surface area contributed by atoms with E-state index >= 15 is 0 Å². The first kappa shape index (κ1) is 27.3. The van der Waals surface area contributed by atoms with E-state index in [2.05, 4.69) is 10.6 Å². The van der Waals surface area contributed by atoms with Crippen LogP contribution in [0.15, 0.2) is 66.7 Å². The largest absolute Gasteiger partial charge is 0.495 e. The lowest BCUT2D eigenvalue weighted by atomic mass is 10.1. The molecule has 0 saturated carbocycles. The molecule has 3 aromatic rings. The Bertz CT molecular complexity index is 1120. The third kappa shape index (κ3) is 7.86. The van der Waals surface area contributed by atoms with E-state index in [9.17, 15) is 14.7 Å². The summed E-state index contributed by atoms with van der Waals surface area (Å²) >= 11 is 12.3. The minimum atomic E-state index is -0.905. The van der Waals surface area contributed by atoms with Crippen LogP contribution in [0.5, 0.6) is 11.5 Å². The van der Waals surface area contributed by atoms with Gasteiger partial charge in [0.05, 0.1) is 43.5 Å². The van der Waals surface area contributed by atoms with Gasteiger partial charge >= 0.3 is 0 Å². The van der Waals surface area contributed by atoms with Crippen LogP contribution in [0.2, 0.25) is 10.0 Å². The van der Waals surface area contributed by atoms with Gasteiger partial charge in [-0.1, -0.05) is 53.5 Å². The van der Waals surface area contributed by atoms with Crippen molar-refractivity contribution in [1.29, 1.82) is 0 Å². The van der Waals surface area contributed by atoms with Crippen LogP contribution < -0.4 is 20.1 Å². The molecule has 0 fully saturated rings. The van der Waals surface area contributed by atoms with Crippen LogP contribution >= 0.6 is 23.2 Å². The summed E-state index contributed by atoms with van der Waals surface area (Å²) in [6.07, 6.45) is -0.905. The number of hydrogen-bond acceptors (Lipinski definition) is 6. The van der Waals surface area contributed by atoms with Gasteiger partial charge in [-0.2, -0.15) is 0 Å². The summed E-state index contributed by atoms with van der Waals surface area (Å²) in [4.78, 5) is 27.1. The SMILES string of the molecule is COc1ccc(NC(=O)CN(CC(=O)Nc2ccc(OC)c(Cl)c2)C[C@H](O)c2ccccc2)cc1Cl. The predicted molar refractivity (Wildman–Crippen MR) is 141 cm³/mol. The lowest BCUT2D eigenvalue weighted by Crippen LogP contribution is -2.41. The zero-order chi connectivity index (χ0) is 26.1. The fourth-order valence-electron chi connectivity index (χ4n) is 3.51. The van der Waals surface area contributed by atoms with Crippen LogP contribution in [0.1, 0.15) is 11.7 Å². The molecular formula is C26H27Cl2N3O5. The molecule has 0 bridgehead atoms. The number of carbonyl (C=O) groups excluding carboxylic acids is 2. The molecule has 0 saturated heterocycles. The number of amides is 2. The molecule has 3 N–H and O–H groups in total. The number of aliphatic hydroxyl groups is 1. The van der Waals surface area contributed by atoms with Crippen LogP contribution in [0.25, 0.3) is 0 Å². The molecule has 10 heteroatoms. The van der Waals surface area contributed by atoms with Gasteiger partial charge in [0.1, 0.15) is 11.5 Å². The van der Waals surface area contributed by atoms with Crippen molar-refractivity contribution >= 4 is 46.4 Å². The zero-order valence-corrected chi connectivity index (χ0v) is 21.3. The van der Waals surface area contributed by atoms with E-state index in [-0.39, 0.29) is 31.4 Å². The van der Waals surface area contributed by atoms with Gasteiger partial charge in [0.25, 0.3) is 0 Å². The zero-order valence-electron chi connectivity index (χ0n) is 19.8. The summed E-state index contributed by atoms with van der Waals surface area (Å²) in [7, 11) is 3.00. The number of benzene rings is 3. The predicted octanol–water partition coefficient (Wildman–Crippen LogP) is 4.62. The highest BCUT2D eigenvalue weighted by atomic mass is 35.5. The Morgan fingerprint density at radius 1 is 0.833 bits per heavy atom. The topological polar surface area (TPSA) is 100 Å². The molecule has 0 unspecified atom stereocenters. The standard InChI is InChI=1S/C26H27Cl2N3O5/c1-35-23-10-8-18(12-20(23)27)29-25(33)15-31(14-22(32)17-6-4-3-5-7-17)16-26(34)30-19-9-11-24(36-2)21(28)13-19/h3-13,22,32H,14-16H2,1-2H3,(H,29,33)(H,30,34)/t22-/m0/s1. The van der Waals surface area contributed by atoms with Gasteiger partial charge in [-0.05, 0) is 42.0 Å². The Morgan fingerprint density at radius 3 is 1.72 bits per heavy atom. The van der Waals surface area contributed by atoms with Crippen molar-refractivity contribution < 1.29 is 24.2 Å². The fraction of sp³-hybridized carbons (Fsp3) is 0.231. The Balaban J connectivity index is 1.70. The Labute approximate surface area is 219 Å². The van der Waals surface area contributed by atoms with Gasteiger partial charge in [0, 0.05) is 17.9 Å². The number of nitrogens with one attached hydrogen (secondary N) is 2. The molecule has 1 atom stereocenters. The highest BCUT2D eigenvalue weighted by Crippen LogP contribution is 2.28. The van der Waals surface area contributed by atoms with E-state index in [0.29, 0.717) is 38.5 Å². The van der Waals surface area contributed by atoms with Crippen LogP contribution in [-0.4, -0.2) is 55.7 Å². The second-order valence-electron chi connectivity index (χ2n) is 7.89. The van der Waals surface area contributed by atoms with Crippen LogP contribution in [0.3, 0.4) is 0 Å². The van der Waals surface area contributed by atoms with E-state index in [1.54, 1.807) is 53.4 Å². The maximum atomic E-state index is 12.8. The summed E-state index contributed by atoms with van der Waals surface area (Å²) in [6, 6.07) is 18.8. The average molecular weight is 532 g/mol. The second-order valence-corrected chi connectivity index (χ2v) is 8.71. The highest BCUT2D eigenvalue weighted by Gasteiger charge is 2.20. The first-order valence-corrected chi connectivity index (χ1v) is 11.8. The summed E-state index contributed by atoms with van der Waals surface area (Å²) in [5, 5.41) is 16.9. The average Bonchev–Trinajstić information content (AvgIpc) is 2.84. The maximum Gasteiger partial charge on any atom is 0.238 e. The van der Waals surface area contributed by atoms with Crippen LogP contribution in [0.4, 0.5) is 11.4 Å². The molecule has 3 rings (SSSR count). The third-order valence-corrected chi connectivity index (χ3v) is 5.81. The summed E-state index contributed by atoms with van der Waals surface area (Å²) in [5.41, 5.74) is 1.63. The van der Waals surface area contributed by atoms with E-state index in [1.807, 2.05) is 18.2 Å². The Morgan fingerprint density at radius 2 is 1.31 bits per heavy atom. The number of methoxy groups -OCH3 is 2. The van der Waals surface area contributed by atoms with Crippen molar-refractivity contribution in [3.63, 3.8) is 0 Å². The monoisotopic (exact) mass is 531 g/mol. The molecule has 190 valence electrons. The number of aliphatic hydroxyl groups excluding tert-OH is 1. The van der Waals surface area contributed by atoms with Gasteiger partial charge < -0.3 is 25.2 Å². The number of anilines is 2. The van der Waals surface area contributed by atoms with Crippen molar-refractivity contribution in [3.05, 3.63) is 82.3 Å². The lowest BCUT2D eigenvalue weighted by Gasteiger charge is -2.24. The van der Waals surface area contributed by atoms with Crippen LogP contribution in [-0.2, 0) is 9.59 Å². The molecule has 0 aromatic heterocycles. The number of rotatable bonds is 11. The third-order valence-electron chi connectivity index (χ3n) is 5.22. The number of carbonyl (C=O) groups is 2. The van der Waals surface area contributed by atoms with Crippen LogP contribution in [0, 0.1) is 0 Å². The number of halogens is 2. The minimum Gasteiger partial charge on any atom is -0.495 e. The molecule has 0 aliphatic heterocycles. The molecule has 0 spiro atoms. The molecule has 8 nitrogen and oxygen atoms in total. The highest BCUT2D eigenvalue weighted by molar-refractivity contribution is 6.32. The molecule has 3 aromatic carbocycles. The Hall–Kier alpha value is -3.30. The van der Waals surface area contributed by atoms with Crippen molar-refractivity contribution in [2.75, 3.05) is 44.5 Å². The minimum absolute atomic E-state index is 0.0532. The normalized spacial score (nSPS) is 11.6. The van der Waals surface area contributed by atoms with E-state index < -0.39 is 6.10 Å². The molecule has 0 aliphatic rings. The number of ether oxygens (including phenoxy) is 2. The first-order valence-electron chi connectivity index (χ1n) is 11.0. The van der Waals surface area contributed by atoms with Crippen molar-refractivity contribution in [3.8, 4) is 11.5 Å². The van der Waals surface area contributed by atoms with Crippen molar-refractivity contribution in [1.82, 2.24) is 4.90 Å². The molecule has 0 heterocycles. The smallest absolute Gasteiger partial charge is 0.238 e. The van der Waals surface area contributed by atoms with Crippen molar-refractivity contribution in [2.24, 2.45) is 0 Å². The van der Waals surface area contributed by atoms with Crippen molar-refractivity contribution in [2.45, 2.75) is 6.10 Å². The molecular weight excluding hydrogens is 505 g/mol. The van der Waals surface area contributed by atoms with E-state index in [0.717, 1.165) is 0 Å². The second kappa shape index (κ2) is 13.1. The molecule has 0 aliphatic carbocycles. The lowest BCUT2D eigenvalue weighted by molar-refractivity contribution is -0.120. The molecule has 2 amide bonds. The fourth-order valence-corrected chi connectivity index (χ4v) is 4.02. The van der Waals surface area contributed by atoms with E-state index in [4.69, 9.17) is 32.7 Å². The Kier molecular flexibility index (Phi) is 9.95. The quantitative estimate of drug-likeness (QED) is 0.333. The number of nitrogens with zero attached hydrogens (tertiary/aromatic N) is 1. The summed E-state index contributed by atoms with van der Waals surface area (Å²) in [6.45, 7) is -0.244. The van der Waals surface area contributed by atoms with Gasteiger partial charge in [0.15, 0.2) is 0 Å².